The Morgan fingerprint density at radius 1 is 1.31 bits per heavy atom. The third-order valence-corrected chi connectivity index (χ3v) is 5.98. The molecule has 2 aliphatic heterocycles. The Morgan fingerprint density at radius 3 is 2.92 bits per heavy atom. The van der Waals surface area contributed by atoms with E-state index in [2.05, 4.69) is 10.3 Å². The number of thiazole rings is 1. The molecule has 7 heteroatoms. The Morgan fingerprint density at radius 2 is 2.19 bits per heavy atom. The summed E-state index contributed by atoms with van der Waals surface area (Å²) in [6.07, 6.45) is 4.88. The number of piperidine rings is 1. The van der Waals surface area contributed by atoms with Crippen LogP contribution < -0.4 is 10.2 Å². The number of carbonyl (C=O) groups excluding carboxylic acids is 2. The summed E-state index contributed by atoms with van der Waals surface area (Å²) in [4.78, 5) is 33.4. The Bertz CT molecular complexity index is 821. The highest BCUT2D eigenvalue weighted by Gasteiger charge is 2.31. The van der Waals surface area contributed by atoms with Crippen molar-refractivity contribution in [3.8, 4) is 0 Å². The number of urea groups is 1. The number of carbonyl (C=O) groups is 2. The van der Waals surface area contributed by atoms with Gasteiger partial charge in [0, 0.05) is 42.5 Å². The van der Waals surface area contributed by atoms with Gasteiger partial charge in [-0.25, -0.2) is 9.78 Å². The van der Waals surface area contributed by atoms with Gasteiger partial charge in [0.1, 0.15) is 5.01 Å². The van der Waals surface area contributed by atoms with E-state index >= 15 is 0 Å². The third-order valence-electron chi connectivity index (χ3n) is 5.10. The third kappa shape index (κ3) is 3.07. The van der Waals surface area contributed by atoms with Crippen LogP contribution in [0.25, 0.3) is 0 Å². The van der Waals surface area contributed by atoms with Gasteiger partial charge in [0.05, 0.1) is 6.04 Å². The van der Waals surface area contributed by atoms with E-state index in [9.17, 15) is 9.59 Å². The molecule has 2 aliphatic rings. The maximum absolute atomic E-state index is 13.2. The number of nitrogens with zero attached hydrogens (tertiary/aromatic N) is 3. The molecule has 1 aromatic carbocycles. The van der Waals surface area contributed by atoms with E-state index in [1.807, 2.05) is 35.4 Å². The fraction of sp³-hybridized carbons (Fsp3) is 0.421. The lowest BCUT2D eigenvalue weighted by atomic mass is 10.0. The molecule has 0 spiro atoms. The molecule has 6 nitrogen and oxygen atoms in total. The van der Waals surface area contributed by atoms with Gasteiger partial charge in [0.15, 0.2) is 0 Å². The molecule has 3 heterocycles. The molecule has 1 aromatic heterocycles. The minimum absolute atomic E-state index is 0.0192. The predicted octanol–water partition coefficient (Wildman–Crippen LogP) is 3.35. The SMILES string of the molecule is Cc1ccc(C(=O)N2CCCC[C@H]2c2nccs2)cc1N1CCNC1=O. The molecule has 26 heavy (non-hydrogen) atoms. The lowest BCUT2D eigenvalue weighted by molar-refractivity contribution is 0.0611. The molecular formula is C19H22N4O2S. The summed E-state index contributed by atoms with van der Waals surface area (Å²) < 4.78 is 0. The quantitative estimate of drug-likeness (QED) is 0.901. The molecule has 3 amide bonds. The lowest BCUT2D eigenvalue weighted by Crippen LogP contribution is -2.38. The van der Waals surface area contributed by atoms with Crippen molar-refractivity contribution in [1.29, 1.82) is 0 Å². The zero-order valence-corrected chi connectivity index (χ0v) is 15.6. The molecule has 0 unspecified atom stereocenters. The van der Waals surface area contributed by atoms with Crippen LogP contribution in [0.15, 0.2) is 29.8 Å². The van der Waals surface area contributed by atoms with Gasteiger partial charge in [-0.3, -0.25) is 9.69 Å². The van der Waals surface area contributed by atoms with Crippen molar-refractivity contribution < 1.29 is 9.59 Å². The van der Waals surface area contributed by atoms with Crippen LogP contribution in [0.4, 0.5) is 10.5 Å². The Kier molecular flexibility index (Phi) is 4.63. The number of nitrogens with one attached hydrogen (secondary N) is 1. The molecule has 136 valence electrons. The Balaban J connectivity index is 1.64. The van der Waals surface area contributed by atoms with Gasteiger partial charge in [-0.05, 0) is 43.9 Å². The van der Waals surface area contributed by atoms with Crippen molar-refractivity contribution in [2.75, 3.05) is 24.5 Å². The first-order chi connectivity index (χ1) is 12.6. The molecule has 2 fully saturated rings. The Hall–Kier alpha value is -2.41. The molecule has 2 aromatic rings. The molecule has 0 saturated carbocycles. The number of aryl methyl sites for hydroxylation is 1. The maximum atomic E-state index is 13.2. The molecular weight excluding hydrogens is 348 g/mol. The summed E-state index contributed by atoms with van der Waals surface area (Å²) in [6, 6.07) is 5.60. The first-order valence-electron chi connectivity index (χ1n) is 9.01. The molecule has 1 N–H and O–H groups in total. The van der Waals surface area contributed by atoms with Gasteiger partial charge >= 0.3 is 6.03 Å². The minimum atomic E-state index is -0.101. The highest BCUT2D eigenvalue weighted by molar-refractivity contribution is 7.09. The van der Waals surface area contributed by atoms with Gasteiger partial charge in [0.25, 0.3) is 5.91 Å². The van der Waals surface area contributed by atoms with Gasteiger partial charge in [-0.1, -0.05) is 6.07 Å². The number of aromatic nitrogens is 1. The molecule has 1 atom stereocenters. The summed E-state index contributed by atoms with van der Waals surface area (Å²) in [5.74, 6) is 0.0192. The minimum Gasteiger partial charge on any atom is -0.336 e. The number of anilines is 1. The number of benzene rings is 1. The van der Waals surface area contributed by atoms with Gasteiger partial charge in [-0.2, -0.15) is 0 Å². The average Bonchev–Trinajstić information content (AvgIpc) is 3.33. The number of amides is 3. The summed E-state index contributed by atoms with van der Waals surface area (Å²) >= 11 is 1.61. The molecule has 0 bridgehead atoms. The number of hydrogen-bond acceptors (Lipinski definition) is 4. The Labute approximate surface area is 156 Å². The van der Waals surface area contributed by atoms with E-state index in [4.69, 9.17) is 0 Å². The van der Waals surface area contributed by atoms with Crippen LogP contribution in [0.1, 0.15) is 46.2 Å². The van der Waals surface area contributed by atoms with Crippen molar-refractivity contribution in [3.63, 3.8) is 0 Å². The van der Waals surface area contributed by atoms with Crippen LogP contribution in [0.5, 0.6) is 0 Å². The number of rotatable bonds is 3. The van der Waals surface area contributed by atoms with E-state index in [-0.39, 0.29) is 18.0 Å². The van der Waals surface area contributed by atoms with E-state index < -0.39 is 0 Å². The van der Waals surface area contributed by atoms with Crippen LogP contribution in [-0.2, 0) is 0 Å². The number of hydrogen-bond donors (Lipinski definition) is 1. The highest BCUT2D eigenvalue weighted by atomic mass is 32.1. The standard InChI is InChI=1S/C19H22N4O2S/c1-13-5-6-14(12-16(13)23-10-7-21-19(23)25)18(24)22-9-3-2-4-15(22)17-20-8-11-26-17/h5-6,8,11-12,15H,2-4,7,9-10H2,1H3,(H,21,25)/t15-/m0/s1. The van der Waals surface area contributed by atoms with Crippen LogP contribution in [0.3, 0.4) is 0 Å². The van der Waals surface area contributed by atoms with Gasteiger partial charge in [-0.15, -0.1) is 11.3 Å². The first-order valence-corrected chi connectivity index (χ1v) is 9.89. The van der Waals surface area contributed by atoms with E-state index in [0.717, 1.165) is 42.1 Å². The monoisotopic (exact) mass is 370 g/mol. The van der Waals surface area contributed by atoms with Crippen molar-refractivity contribution in [3.05, 3.63) is 45.9 Å². The average molecular weight is 370 g/mol. The van der Waals surface area contributed by atoms with E-state index in [1.54, 1.807) is 22.4 Å². The fourth-order valence-corrected chi connectivity index (χ4v) is 4.52. The van der Waals surface area contributed by atoms with Crippen molar-refractivity contribution in [1.82, 2.24) is 15.2 Å². The van der Waals surface area contributed by atoms with Gasteiger partial charge < -0.3 is 10.2 Å². The molecule has 0 radical (unpaired) electrons. The summed E-state index contributed by atoms with van der Waals surface area (Å²) in [7, 11) is 0. The normalized spacial score (nSPS) is 20.3. The number of likely N-dealkylation sites (tertiary alicyclic amines) is 1. The second kappa shape index (κ2) is 7.07. The summed E-state index contributed by atoms with van der Waals surface area (Å²) in [6.45, 7) is 3.97. The van der Waals surface area contributed by atoms with Crippen LogP contribution in [0, 0.1) is 6.92 Å². The van der Waals surface area contributed by atoms with Gasteiger partial charge in [0.2, 0.25) is 0 Å². The van der Waals surface area contributed by atoms with E-state index in [0.29, 0.717) is 18.7 Å². The van der Waals surface area contributed by atoms with Crippen molar-refractivity contribution in [2.45, 2.75) is 32.2 Å². The molecule has 4 rings (SSSR count). The maximum Gasteiger partial charge on any atom is 0.322 e. The zero-order valence-electron chi connectivity index (χ0n) is 14.8. The van der Waals surface area contributed by atoms with E-state index in [1.165, 1.54) is 0 Å². The summed E-state index contributed by atoms with van der Waals surface area (Å²) in [5, 5.41) is 5.78. The second-order valence-electron chi connectivity index (χ2n) is 6.77. The topological polar surface area (TPSA) is 65.5 Å². The molecule has 2 saturated heterocycles. The lowest BCUT2D eigenvalue weighted by Gasteiger charge is -2.34. The largest absolute Gasteiger partial charge is 0.336 e. The second-order valence-corrected chi connectivity index (χ2v) is 7.69. The highest BCUT2D eigenvalue weighted by Crippen LogP contribution is 2.34. The predicted molar refractivity (Wildman–Crippen MR) is 102 cm³/mol. The van der Waals surface area contributed by atoms with Crippen molar-refractivity contribution in [2.24, 2.45) is 0 Å². The van der Waals surface area contributed by atoms with Crippen LogP contribution >= 0.6 is 11.3 Å². The van der Waals surface area contributed by atoms with Crippen LogP contribution in [-0.4, -0.2) is 41.5 Å². The van der Waals surface area contributed by atoms with Crippen molar-refractivity contribution >= 4 is 29.0 Å². The molecule has 0 aliphatic carbocycles. The van der Waals surface area contributed by atoms with Crippen LogP contribution in [0.2, 0.25) is 0 Å². The first kappa shape index (κ1) is 17.0. The smallest absolute Gasteiger partial charge is 0.322 e. The zero-order chi connectivity index (χ0) is 18.1. The summed E-state index contributed by atoms with van der Waals surface area (Å²) in [5.41, 5.74) is 2.44. The fourth-order valence-electron chi connectivity index (χ4n) is 3.73.